The van der Waals surface area contributed by atoms with E-state index in [2.05, 4.69) is 10.1 Å². The zero-order chi connectivity index (χ0) is 30.8. The summed E-state index contributed by atoms with van der Waals surface area (Å²) in [5.41, 5.74) is 2.48. The van der Waals surface area contributed by atoms with Gasteiger partial charge in [0.05, 0.1) is 20.1 Å². The fraction of sp³-hybridized carbons (Fsp3) is 0.273. The van der Waals surface area contributed by atoms with Crippen LogP contribution >= 0.6 is 11.8 Å². The van der Waals surface area contributed by atoms with Gasteiger partial charge >= 0.3 is 11.9 Å². The molecular formula is C33H34N2O7S. The Labute approximate surface area is 255 Å². The molecule has 0 unspecified atom stereocenters. The first kappa shape index (κ1) is 31.4. The van der Waals surface area contributed by atoms with Crippen LogP contribution in [0, 0.1) is 0 Å². The molecule has 10 heteroatoms. The van der Waals surface area contributed by atoms with Crippen molar-refractivity contribution in [1.29, 1.82) is 0 Å². The van der Waals surface area contributed by atoms with Crippen LogP contribution < -0.4 is 5.32 Å². The fourth-order valence-electron chi connectivity index (χ4n) is 4.74. The van der Waals surface area contributed by atoms with Crippen molar-refractivity contribution in [3.05, 3.63) is 119 Å². The van der Waals surface area contributed by atoms with Crippen molar-refractivity contribution in [2.45, 2.75) is 43.8 Å². The van der Waals surface area contributed by atoms with Gasteiger partial charge < -0.3 is 24.4 Å². The number of nitrogens with zero attached hydrogens (tertiary/aromatic N) is 1. The first-order valence-corrected chi connectivity index (χ1v) is 14.8. The Bertz CT molecular complexity index is 1390. The third-order valence-electron chi connectivity index (χ3n) is 6.72. The van der Waals surface area contributed by atoms with Crippen LogP contribution in [0.1, 0.15) is 36.6 Å². The Balaban J connectivity index is 0.000000641. The number of benzene rings is 3. The largest absolute Gasteiger partial charge is 0.498 e. The minimum Gasteiger partial charge on any atom is -0.498 e. The zero-order valence-corrected chi connectivity index (χ0v) is 25.0. The SMILES string of the molecule is CCOC(C)=O.COC1=CS[C@@H]2[C@H](NC(=O)Cc3ccccc3)C(=O)N2[C@H]1C(=O)OC(c1ccccc1)c1ccccc1. The molecule has 2 aliphatic rings. The second-order valence-electron chi connectivity index (χ2n) is 9.67. The smallest absolute Gasteiger partial charge is 0.337 e. The highest BCUT2D eigenvalue weighted by molar-refractivity contribution is 8.02. The molecule has 5 rings (SSSR count). The lowest BCUT2D eigenvalue weighted by Gasteiger charge is -2.51. The molecule has 224 valence electrons. The van der Waals surface area contributed by atoms with Crippen molar-refractivity contribution in [2.75, 3.05) is 13.7 Å². The maximum Gasteiger partial charge on any atom is 0.337 e. The molecule has 3 aromatic rings. The summed E-state index contributed by atoms with van der Waals surface area (Å²) in [4.78, 5) is 50.7. The molecule has 43 heavy (non-hydrogen) atoms. The summed E-state index contributed by atoms with van der Waals surface area (Å²) < 4.78 is 15.9. The van der Waals surface area contributed by atoms with E-state index >= 15 is 0 Å². The van der Waals surface area contributed by atoms with Crippen LogP contribution in [0.2, 0.25) is 0 Å². The van der Waals surface area contributed by atoms with E-state index in [1.165, 1.54) is 30.7 Å². The molecule has 3 aromatic carbocycles. The molecule has 0 bridgehead atoms. The van der Waals surface area contributed by atoms with Crippen molar-refractivity contribution >= 4 is 35.5 Å². The number of esters is 2. The molecule has 1 fully saturated rings. The van der Waals surface area contributed by atoms with E-state index in [-0.39, 0.29) is 24.2 Å². The second kappa shape index (κ2) is 15.1. The van der Waals surface area contributed by atoms with E-state index in [0.29, 0.717) is 12.4 Å². The molecule has 2 amide bonds. The molecule has 1 N–H and O–H groups in total. The molecule has 1 saturated heterocycles. The lowest BCUT2D eigenvalue weighted by Crippen LogP contribution is -2.74. The monoisotopic (exact) mass is 602 g/mol. The fourth-order valence-corrected chi connectivity index (χ4v) is 5.94. The number of methoxy groups -OCH3 is 1. The minimum absolute atomic E-state index is 0.169. The quantitative estimate of drug-likeness (QED) is 0.284. The van der Waals surface area contributed by atoms with Crippen LogP contribution in [-0.4, -0.2) is 59.8 Å². The van der Waals surface area contributed by atoms with Gasteiger partial charge in [-0.1, -0.05) is 91.0 Å². The van der Waals surface area contributed by atoms with Gasteiger partial charge in [0.15, 0.2) is 12.1 Å². The maximum absolute atomic E-state index is 13.6. The summed E-state index contributed by atoms with van der Waals surface area (Å²) in [6.07, 6.45) is -0.485. The van der Waals surface area contributed by atoms with Gasteiger partial charge in [0.1, 0.15) is 17.2 Å². The number of carbonyl (C=O) groups excluding carboxylic acids is 4. The van der Waals surface area contributed by atoms with Crippen molar-refractivity contribution in [1.82, 2.24) is 10.2 Å². The first-order valence-electron chi connectivity index (χ1n) is 13.8. The summed E-state index contributed by atoms with van der Waals surface area (Å²) in [6.45, 7) is 3.65. The molecule has 0 aromatic heterocycles. The molecule has 2 heterocycles. The highest BCUT2D eigenvalue weighted by atomic mass is 32.2. The predicted octanol–water partition coefficient (Wildman–Crippen LogP) is 4.39. The normalized spacial score (nSPS) is 18.6. The topological polar surface area (TPSA) is 111 Å². The van der Waals surface area contributed by atoms with Crippen molar-refractivity contribution in [3.8, 4) is 0 Å². The number of thioether (sulfide) groups is 1. The third kappa shape index (κ3) is 7.84. The summed E-state index contributed by atoms with van der Waals surface area (Å²) in [7, 11) is 1.46. The first-order chi connectivity index (χ1) is 20.8. The van der Waals surface area contributed by atoms with E-state index in [0.717, 1.165) is 16.7 Å². The highest BCUT2D eigenvalue weighted by Crippen LogP contribution is 2.41. The minimum atomic E-state index is -1.04. The van der Waals surface area contributed by atoms with Crippen LogP contribution in [0.4, 0.5) is 0 Å². The molecule has 0 aliphatic carbocycles. The summed E-state index contributed by atoms with van der Waals surface area (Å²) in [5, 5.41) is 4.11. The number of carbonyl (C=O) groups is 4. The number of fused-ring (bicyclic) bond motifs is 1. The van der Waals surface area contributed by atoms with Gasteiger partial charge in [0.2, 0.25) is 11.8 Å². The van der Waals surface area contributed by atoms with Crippen LogP contribution in [0.3, 0.4) is 0 Å². The zero-order valence-electron chi connectivity index (χ0n) is 24.2. The average molecular weight is 603 g/mol. The molecule has 9 nitrogen and oxygen atoms in total. The molecule has 0 saturated carbocycles. The molecule has 0 spiro atoms. The van der Waals surface area contributed by atoms with Crippen LogP contribution in [0.15, 0.2) is 102 Å². The molecule has 3 atom stereocenters. The molecule has 2 aliphatic heterocycles. The van der Waals surface area contributed by atoms with Crippen LogP contribution in [0.25, 0.3) is 0 Å². The highest BCUT2D eigenvalue weighted by Gasteiger charge is 2.57. The number of β-lactam (4-membered cyclic amide) rings is 1. The van der Waals surface area contributed by atoms with Gasteiger partial charge in [-0.05, 0) is 23.6 Å². The average Bonchev–Trinajstić information content (AvgIpc) is 3.03. The van der Waals surface area contributed by atoms with Gasteiger partial charge in [-0.3, -0.25) is 14.4 Å². The number of hydrogen-bond donors (Lipinski definition) is 1. The molecular weight excluding hydrogens is 568 g/mol. The predicted molar refractivity (Wildman–Crippen MR) is 162 cm³/mol. The summed E-state index contributed by atoms with van der Waals surface area (Å²) in [6, 6.07) is 26.5. The summed E-state index contributed by atoms with van der Waals surface area (Å²) in [5.74, 6) is -1.08. The second-order valence-corrected chi connectivity index (χ2v) is 10.7. The summed E-state index contributed by atoms with van der Waals surface area (Å²) >= 11 is 1.33. The Kier molecular flexibility index (Phi) is 11.0. The van der Waals surface area contributed by atoms with E-state index < -0.39 is 29.5 Å². The van der Waals surface area contributed by atoms with Crippen LogP contribution in [-0.2, 0) is 39.8 Å². The lowest BCUT2D eigenvalue weighted by atomic mass is 9.99. The van der Waals surface area contributed by atoms with Gasteiger partial charge in [-0.15, -0.1) is 11.8 Å². The van der Waals surface area contributed by atoms with E-state index in [1.54, 1.807) is 12.3 Å². The Morgan fingerprint density at radius 1 is 0.907 bits per heavy atom. The van der Waals surface area contributed by atoms with Crippen LogP contribution in [0.5, 0.6) is 0 Å². The number of ether oxygens (including phenoxy) is 3. The number of amides is 2. The number of hydrogen-bond acceptors (Lipinski definition) is 8. The maximum atomic E-state index is 13.6. The van der Waals surface area contributed by atoms with E-state index in [4.69, 9.17) is 9.47 Å². The van der Waals surface area contributed by atoms with Gasteiger partial charge in [0, 0.05) is 12.3 Å². The lowest BCUT2D eigenvalue weighted by molar-refractivity contribution is -0.167. The van der Waals surface area contributed by atoms with Crippen molar-refractivity contribution < 1.29 is 33.4 Å². The van der Waals surface area contributed by atoms with E-state index in [9.17, 15) is 19.2 Å². The molecule has 0 radical (unpaired) electrons. The van der Waals surface area contributed by atoms with Gasteiger partial charge in [-0.2, -0.15) is 0 Å². The van der Waals surface area contributed by atoms with E-state index in [1.807, 2.05) is 91.0 Å². The Morgan fingerprint density at radius 2 is 1.47 bits per heavy atom. The number of rotatable bonds is 9. The Hall–Kier alpha value is -4.57. The van der Waals surface area contributed by atoms with Crippen molar-refractivity contribution in [3.63, 3.8) is 0 Å². The van der Waals surface area contributed by atoms with Crippen molar-refractivity contribution in [2.24, 2.45) is 0 Å². The third-order valence-corrected chi connectivity index (χ3v) is 7.87. The van der Waals surface area contributed by atoms with Gasteiger partial charge in [0.25, 0.3) is 0 Å². The van der Waals surface area contributed by atoms with Gasteiger partial charge in [-0.25, -0.2) is 4.79 Å². The standard InChI is InChI=1S/C29H26N2O5S.C4H8O2/c1-35-22-18-37-28-24(30-23(32)17-19-11-5-2-6-12-19)27(33)31(28)25(22)29(34)36-26(20-13-7-3-8-14-20)21-15-9-4-10-16-21;1-3-6-4(2)5/h2-16,18,24-26,28H,17H2,1H3,(H,30,32);3H2,1-2H3/t24-,25-,28-;/m1./s1. The number of nitrogens with one attached hydrogen (secondary N) is 1. The Morgan fingerprint density at radius 3 is 1.95 bits per heavy atom.